The average Bonchev–Trinajstić information content (AvgIpc) is 2.07. The van der Waals surface area contributed by atoms with Crippen molar-refractivity contribution in [2.45, 2.75) is 41.0 Å². The Morgan fingerprint density at radius 1 is 1.27 bits per heavy atom. The Labute approximate surface area is 92.7 Å². The van der Waals surface area contributed by atoms with Crippen LogP contribution >= 0.6 is 0 Å². The first kappa shape index (κ1) is 12.0. The zero-order chi connectivity index (χ0) is 11.5. The Morgan fingerprint density at radius 3 is 2.47 bits per heavy atom. The van der Waals surface area contributed by atoms with Crippen LogP contribution in [0.1, 0.15) is 38.3 Å². The molecule has 0 bridgehead atoms. The van der Waals surface area contributed by atoms with E-state index in [0.29, 0.717) is 5.41 Å². The van der Waals surface area contributed by atoms with Gasteiger partial charge < -0.3 is 4.74 Å². The molecule has 0 aromatic carbocycles. The number of nitrogens with zero attached hydrogens (tertiary/aromatic N) is 1. The lowest BCUT2D eigenvalue weighted by Crippen LogP contribution is -2.12. The van der Waals surface area contributed by atoms with Crippen molar-refractivity contribution in [3.05, 3.63) is 23.4 Å². The van der Waals surface area contributed by atoms with Gasteiger partial charge in [-0.25, -0.2) is 4.98 Å². The zero-order valence-electron chi connectivity index (χ0n) is 10.4. The van der Waals surface area contributed by atoms with Gasteiger partial charge in [-0.2, -0.15) is 0 Å². The van der Waals surface area contributed by atoms with E-state index in [-0.39, 0.29) is 0 Å². The highest BCUT2D eigenvalue weighted by Gasteiger charge is 2.10. The largest absolute Gasteiger partial charge is 0.477 e. The van der Waals surface area contributed by atoms with Crippen LogP contribution < -0.4 is 4.74 Å². The second kappa shape index (κ2) is 4.65. The number of hydrogen-bond acceptors (Lipinski definition) is 2. The molecule has 0 saturated heterocycles. The van der Waals surface area contributed by atoms with Crippen molar-refractivity contribution in [2.24, 2.45) is 5.41 Å². The van der Waals surface area contributed by atoms with Crippen molar-refractivity contribution >= 4 is 0 Å². The van der Waals surface area contributed by atoms with Gasteiger partial charge in [-0.3, -0.25) is 0 Å². The predicted octanol–water partition coefficient (Wildman–Crippen LogP) is 3.51. The standard InChI is InChI=1S/C13H21NO/c1-10-8-11(2)12(14-9-10)15-7-6-13(3,4)5/h8-9H,6-7H2,1-5H3. The summed E-state index contributed by atoms with van der Waals surface area (Å²) in [6.07, 6.45) is 2.89. The van der Waals surface area contributed by atoms with Crippen molar-refractivity contribution in [1.82, 2.24) is 4.98 Å². The summed E-state index contributed by atoms with van der Waals surface area (Å²) in [5.41, 5.74) is 2.61. The summed E-state index contributed by atoms with van der Waals surface area (Å²) in [5, 5.41) is 0. The highest BCUT2D eigenvalue weighted by Crippen LogP contribution is 2.20. The summed E-state index contributed by atoms with van der Waals surface area (Å²) in [4.78, 5) is 4.28. The molecule has 1 aromatic heterocycles. The number of ether oxygens (including phenoxy) is 1. The maximum atomic E-state index is 5.66. The molecule has 0 aliphatic rings. The van der Waals surface area contributed by atoms with Crippen molar-refractivity contribution in [3.63, 3.8) is 0 Å². The van der Waals surface area contributed by atoms with E-state index in [9.17, 15) is 0 Å². The molecule has 2 heteroatoms. The Balaban J connectivity index is 2.51. The van der Waals surface area contributed by atoms with Gasteiger partial charge in [0.2, 0.25) is 5.88 Å². The van der Waals surface area contributed by atoms with E-state index < -0.39 is 0 Å². The molecule has 0 N–H and O–H groups in total. The topological polar surface area (TPSA) is 22.1 Å². The van der Waals surface area contributed by atoms with Crippen molar-refractivity contribution in [3.8, 4) is 5.88 Å². The van der Waals surface area contributed by atoms with Crippen LogP contribution in [-0.4, -0.2) is 11.6 Å². The van der Waals surface area contributed by atoms with E-state index in [2.05, 4.69) is 31.8 Å². The minimum Gasteiger partial charge on any atom is -0.477 e. The molecule has 1 aromatic rings. The number of pyridine rings is 1. The van der Waals surface area contributed by atoms with Gasteiger partial charge >= 0.3 is 0 Å². The minimum atomic E-state index is 0.318. The van der Waals surface area contributed by atoms with E-state index in [1.807, 2.05) is 20.0 Å². The van der Waals surface area contributed by atoms with Crippen LogP contribution in [0.4, 0.5) is 0 Å². The highest BCUT2D eigenvalue weighted by atomic mass is 16.5. The van der Waals surface area contributed by atoms with Gasteiger partial charge in [0, 0.05) is 11.8 Å². The monoisotopic (exact) mass is 207 g/mol. The molecule has 0 amide bonds. The molecule has 0 atom stereocenters. The number of aromatic nitrogens is 1. The molecule has 2 nitrogen and oxygen atoms in total. The third-order valence-electron chi connectivity index (χ3n) is 2.26. The zero-order valence-corrected chi connectivity index (χ0v) is 10.4. The van der Waals surface area contributed by atoms with Crippen molar-refractivity contribution in [1.29, 1.82) is 0 Å². The molecular weight excluding hydrogens is 186 g/mol. The van der Waals surface area contributed by atoms with E-state index in [1.165, 1.54) is 5.56 Å². The lowest BCUT2D eigenvalue weighted by molar-refractivity contribution is 0.235. The fourth-order valence-electron chi connectivity index (χ4n) is 1.31. The smallest absolute Gasteiger partial charge is 0.216 e. The third-order valence-corrected chi connectivity index (χ3v) is 2.26. The first-order chi connectivity index (χ1) is 6.88. The van der Waals surface area contributed by atoms with E-state index >= 15 is 0 Å². The Bertz CT molecular complexity index is 326. The lowest BCUT2D eigenvalue weighted by atomic mass is 9.93. The second-order valence-electron chi connectivity index (χ2n) is 5.29. The second-order valence-corrected chi connectivity index (χ2v) is 5.29. The number of rotatable bonds is 3. The molecule has 0 unspecified atom stereocenters. The van der Waals surface area contributed by atoms with E-state index in [1.54, 1.807) is 0 Å². The molecule has 0 radical (unpaired) electrons. The molecule has 0 aliphatic heterocycles. The number of aryl methyl sites for hydroxylation is 2. The molecule has 0 spiro atoms. The average molecular weight is 207 g/mol. The van der Waals surface area contributed by atoms with Gasteiger partial charge in [0.1, 0.15) is 0 Å². The van der Waals surface area contributed by atoms with Crippen LogP contribution in [0.25, 0.3) is 0 Å². The van der Waals surface area contributed by atoms with Gasteiger partial charge in [0.15, 0.2) is 0 Å². The summed E-state index contributed by atoms with van der Waals surface area (Å²) in [6, 6.07) is 2.10. The van der Waals surface area contributed by atoms with Gasteiger partial charge in [0.05, 0.1) is 6.61 Å². The molecular formula is C13H21NO. The fourth-order valence-corrected chi connectivity index (χ4v) is 1.31. The van der Waals surface area contributed by atoms with Crippen LogP contribution in [0.3, 0.4) is 0 Å². The van der Waals surface area contributed by atoms with Crippen LogP contribution in [0.15, 0.2) is 12.3 Å². The first-order valence-electron chi connectivity index (χ1n) is 5.44. The first-order valence-corrected chi connectivity index (χ1v) is 5.44. The van der Waals surface area contributed by atoms with Gasteiger partial charge in [0.25, 0.3) is 0 Å². The quantitative estimate of drug-likeness (QED) is 0.756. The van der Waals surface area contributed by atoms with Crippen molar-refractivity contribution in [2.75, 3.05) is 6.61 Å². The van der Waals surface area contributed by atoms with Crippen LogP contribution in [-0.2, 0) is 0 Å². The third kappa shape index (κ3) is 4.32. The molecule has 1 heterocycles. The van der Waals surface area contributed by atoms with E-state index in [4.69, 9.17) is 4.74 Å². The van der Waals surface area contributed by atoms with Crippen LogP contribution in [0.5, 0.6) is 5.88 Å². The highest BCUT2D eigenvalue weighted by molar-refractivity contribution is 5.27. The van der Waals surface area contributed by atoms with E-state index in [0.717, 1.165) is 24.5 Å². The van der Waals surface area contributed by atoms with Gasteiger partial charge in [-0.05, 0) is 37.3 Å². The summed E-state index contributed by atoms with van der Waals surface area (Å²) in [6.45, 7) is 11.5. The Kier molecular flexibility index (Phi) is 3.72. The summed E-state index contributed by atoms with van der Waals surface area (Å²) in [7, 11) is 0. The summed E-state index contributed by atoms with van der Waals surface area (Å²) >= 11 is 0. The maximum absolute atomic E-state index is 5.66. The Hall–Kier alpha value is -1.05. The SMILES string of the molecule is Cc1cnc(OCCC(C)(C)C)c(C)c1. The molecule has 84 valence electrons. The van der Waals surface area contributed by atoms with Gasteiger partial charge in [-0.1, -0.05) is 20.8 Å². The number of hydrogen-bond donors (Lipinski definition) is 0. The Morgan fingerprint density at radius 2 is 1.93 bits per heavy atom. The minimum absolute atomic E-state index is 0.318. The molecule has 15 heavy (non-hydrogen) atoms. The van der Waals surface area contributed by atoms with Crippen molar-refractivity contribution < 1.29 is 4.74 Å². The summed E-state index contributed by atoms with van der Waals surface area (Å²) in [5.74, 6) is 0.768. The molecule has 0 fully saturated rings. The van der Waals surface area contributed by atoms with Crippen LogP contribution in [0, 0.1) is 19.3 Å². The van der Waals surface area contributed by atoms with Crippen LogP contribution in [0.2, 0.25) is 0 Å². The molecule has 0 aliphatic carbocycles. The lowest BCUT2D eigenvalue weighted by Gasteiger charge is -2.18. The van der Waals surface area contributed by atoms with Gasteiger partial charge in [-0.15, -0.1) is 0 Å². The molecule has 0 saturated carbocycles. The maximum Gasteiger partial charge on any atom is 0.216 e. The fraction of sp³-hybridized carbons (Fsp3) is 0.615. The molecule has 1 rings (SSSR count). The normalized spacial score (nSPS) is 11.5. The predicted molar refractivity (Wildman–Crippen MR) is 63.3 cm³/mol. The summed E-state index contributed by atoms with van der Waals surface area (Å²) < 4.78 is 5.66.